The lowest BCUT2D eigenvalue weighted by Gasteiger charge is -1.65. The highest BCUT2D eigenvalue weighted by Gasteiger charge is 1.98. The molecule has 0 aliphatic rings. The van der Waals surface area contributed by atoms with Gasteiger partial charge in [-0.25, -0.2) is 0 Å². The number of rotatable bonds is 0. The van der Waals surface area contributed by atoms with Crippen LogP contribution in [0.2, 0.25) is 0 Å². The van der Waals surface area contributed by atoms with E-state index in [-0.39, 0.29) is 0 Å². The van der Waals surface area contributed by atoms with E-state index in [0.29, 0.717) is 0 Å². The van der Waals surface area contributed by atoms with Gasteiger partial charge in [-0.2, -0.15) is 21.0 Å². The summed E-state index contributed by atoms with van der Waals surface area (Å²) in [6, 6.07) is 7.00. The summed E-state index contributed by atoms with van der Waals surface area (Å²) in [5, 5.41) is 84.8. The maximum Gasteiger partial charge on any atom is 0.674 e. The topological polar surface area (TPSA) is 257 Å². The number of nitriles is 4. The molecule has 0 spiro atoms. The quantitative estimate of drug-likeness (QED) is 0.154. The number of hydrogen-bond acceptors (Lipinski definition) is 12. The van der Waals surface area contributed by atoms with Crippen molar-refractivity contribution in [2.45, 2.75) is 27.7 Å². The van der Waals surface area contributed by atoms with Gasteiger partial charge in [0.05, 0.1) is 24.3 Å². The predicted molar refractivity (Wildman–Crippen MR) is 90.3 cm³/mol. The molecule has 0 unspecified atom stereocenters. The fourth-order valence-electron chi connectivity index (χ4n) is 0. The lowest BCUT2D eigenvalue weighted by molar-refractivity contribution is 0.338. The van der Waals surface area contributed by atoms with E-state index in [1.54, 1.807) is 24.3 Å². The maximum absolute atomic E-state index is 10.1. The maximum atomic E-state index is 10.1. The molecular formula is C8H20B4F4N4O8. The van der Waals surface area contributed by atoms with E-state index in [2.05, 4.69) is 0 Å². The van der Waals surface area contributed by atoms with Crippen LogP contribution < -0.4 is 0 Å². The van der Waals surface area contributed by atoms with Crippen LogP contribution in [0.4, 0.5) is 17.3 Å². The van der Waals surface area contributed by atoms with Crippen molar-refractivity contribution in [3.05, 3.63) is 0 Å². The molecule has 28 heavy (non-hydrogen) atoms. The van der Waals surface area contributed by atoms with E-state index in [9.17, 15) is 17.3 Å². The zero-order valence-corrected chi connectivity index (χ0v) is 15.2. The second-order valence-corrected chi connectivity index (χ2v) is 2.14. The summed E-state index contributed by atoms with van der Waals surface area (Å²) in [5.41, 5.74) is 0. The van der Waals surface area contributed by atoms with Gasteiger partial charge in [-0.1, -0.05) is 0 Å². The molecular weight excluding hydrogens is 399 g/mol. The summed E-state index contributed by atoms with van der Waals surface area (Å²) in [4.78, 5) is 0. The Kier molecular flexibility index (Phi) is 132. The molecule has 0 amide bonds. The first-order valence-corrected chi connectivity index (χ1v) is 5.83. The van der Waals surface area contributed by atoms with Gasteiger partial charge in [-0.3, -0.25) is 17.3 Å². The third-order valence-corrected chi connectivity index (χ3v) is 0. The van der Waals surface area contributed by atoms with Crippen molar-refractivity contribution in [2.75, 3.05) is 0 Å². The molecule has 0 fully saturated rings. The summed E-state index contributed by atoms with van der Waals surface area (Å²) in [7, 11) is -10.7. The van der Waals surface area contributed by atoms with Crippen LogP contribution in [0, 0.1) is 45.3 Å². The summed E-state index contributed by atoms with van der Waals surface area (Å²) in [6.07, 6.45) is 0. The van der Waals surface area contributed by atoms with Crippen LogP contribution in [-0.4, -0.2) is 69.8 Å². The van der Waals surface area contributed by atoms with Gasteiger partial charge < -0.3 is 40.2 Å². The molecule has 0 bridgehead atoms. The van der Waals surface area contributed by atoms with Crippen molar-refractivity contribution in [3.63, 3.8) is 0 Å². The Hall–Kier alpha value is -2.38. The minimum absolute atomic E-state index is 1.43. The van der Waals surface area contributed by atoms with Gasteiger partial charge in [0.15, 0.2) is 0 Å². The van der Waals surface area contributed by atoms with Crippen LogP contribution >= 0.6 is 0 Å². The molecule has 0 aromatic carbocycles. The van der Waals surface area contributed by atoms with Crippen LogP contribution in [0.5, 0.6) is 0 Å². The Morgan fingerprint density at radius 1 is 0.429 bits per heavy atom. The molecule has 160 valence electrons. The van der Waals surface area contributed by atoms with Gasteiger partial charge in [0.2, 0.25) is 0 Å². The zero-order valence-electron chi connectivity index (χ0n) is 15.2. The summed E-state index contributed by atoms with van der Waals surface area (Å²) in [6.45, 7) is 5.72. The molecule has 0 aromatic rings. The van der Waals surface area contributed by atoms with Crippen molar-refractivity contribution in [2.24, 2.45) is 0 Å². The number of halogens is 4. The van der Waals surface area contributed by atoms with E-state index in [1.807, 2.05) is 0 Å². The van der Waals surface area contributed by atoms with Crippen molar-refractivity contribution in [3.8, 4) is 24.3 Å². The van der Waals surface area contributed by atoms with Gasteiger partial charge in [0.25, 0.3) is 0 Å². The molecule has 8 N–H and O–H groups in total. The highest BCUT2D eigenvalue weighted by Crippen LogP contribution is 1.58. The highest BCUT2D eigenvalue weighted by molar-refractivity contribution is 6.32. The summed E-state index contributed by atoms with van der Waals surface area (Å²) in [5.74, 6) is 0. The Balaban J connectivity index is -0.0000000273. The van der Waals surface area contributed by atoms with Gasteiger partial charge in [0, 0.05) is 27.7 Å². The third-order valence-electron chi connectivity index (χ3n) is 0. The van der Waals surface area contributed by atoms with Crippen LogP contribution in [0.1, 0.15) is 27.7 Å². The molecule has 20 heteroatoms. The van der Waals surface area contributed by atoms with E-state index >= 15 is 0 Å². The molecule has 0 saturated heterocycles. The van der Waals surface area contributed by atoms with Crippen molar-refractivity contribution in [1.82, 2.24) is 0 Å². The normalized spacial score (nSPS) is 5.00. The summed E-state index contributed by atoms with van der Waals surface area (Å²) >= 11 is 0. The predicted octanol–water partition coefficient (Wildman–Crippen LogP) is -2.18. The van der Waals surface area contributed by atoms with Gasteiger partial charge >= 0.3 is 29.6 Å². The highest BCUT2D eigenvalue weighted by atomic mass is 19.1. The minimum atomic E-state index is -2.67. The van der Waals surface area contributed by atoms with Crippen LogP contribution in [0.3, 0.4) is 0 Å². The molecule has 0 aliphatic heterocycles. The lowest BCUT2D eigenvalue weighted by atomic mass is 10.3. The monoisotopic (exact) mass is 420 g/mol. The Morgan fingerprint density at radius 3 is 0.429 bits per heavy atom. The molecule has 12 nitrogen and oxygen atoms in total. The lowest BCUT2D eigenvalue weighted by Crippen LogP contribution is -1.98. The second kappa shape index (κ2) is 74.0. The molecule has 0 heterocycles. The molecule has 0 atom stereocenters. The van der Waals surface area contributed by atoms with Gasteiger partial charge in [0.1, 0.15) is 0 Å². The van der Waals surface area contributed by atoms with Crippen molar-refractivity contribution in [1.29, 1.82) is 21.0 Å². The Morgan fingerprint density at radius 2 is 0.429 bits per heavy atom. The SMILES string of the molecule is CC#N.CC#N.CC#N.CC#N.OB(O)F.OB(O)F.OB(O)F.OB(O)F. The van der Waals surface area contributed by atoms with E-state index in [4.69, 9.17) is 61.2 Å². The fraction of sp³-hybridized carbons (Fsp3) is 0.500. The first-order valence-electron chi connectivity index (χ1n) is 5.83. The summed E-state index contributed by atoms with van der Waals surface area (Å²) < 4.78 is 40.4. The second-order valence-electron chi connectivity index (χ2n) is 2.14. The van der Waals surface area contributed by atoms with Crippen LogP contribution in [0.15, 0.2) is 0 Å². The van der Waals surface area contributed by atoms with Crippen molar-refractivity contribution < 1.29 is 57.5 Å². The molecule has 0 rings (SSSR count). The van der Waals surface area contributed by atoms with Crippen LogP contribution in [0.25, 0.3) is 0 Å². The third kappa shape index (κ3) is 2130. The van der Waals surface area contributed by atoms with Gasteiger partial charge in [-0.05, 0) is 0 Å². The fourth-order valence-corrected chi connectivity index (χ4v) is 0. The largest absolute Gasteiger partial charge is 0.674 e. The number of hydrogen-bond donors (Lipinski definition) is 8. The minimum Gasteiger partial charge on any atom is -0.398 e. The zero-order chi connectivity index (χ0) is 25.1. The smallest absolute Gasteiger partial charge is 0.398 e. The van der Waals surface area contributed by atoms with Crippen LogP contribution in [-0.2, 0) is 0 Å². The first kappa shape index (κ1) is 50.0. The van der Waals surface area contributed by atoms with E-state index in [0.717, 1.165) is 0 Å². The van der Waals surface area contributed by atoms with Gasteiger partial charge in [-0.15, -0.1) is 0 Å². The Labute approximate surface area is 161 Å². The number of nitrogens with zero attached hydrogens (tertiary/aromatic N) is 4. The van der Waals surface area contributed by atoms with Crippen molar-refractivity contribution >= 4 is 29.6 Å². The average molecular weight is 420 g/mol. The van der Waals surface area contributed by atoms with E-state index in [1.165, 1.54) is 27.7 Å². The Bertz CT molecular complexity index is 306. The standard InChI is InChI=1S/4C2H3N.4BFH2O2/c4*1-2-3;4*2-1(3)4/h4*1H3;4*3-4H. The molecule has 0 aromatic heterocycles. The van der Waals surface area contributed by atoms with E-state index < -0.39 is 29.6 Å². The first-order chi connectivity index (χ1) is 12.6. The molecule has 0 aliphatic carbocycles. The average Bonchev–Trinajstić information content (AvgIpc) is 2.38. The molecule has 0 saturated carbocycles. The molecule has 0 radical (unpaired) electrons.